The van der Waals surface area contributed by atoms with Crippen LogP contribution >= 0.6 is 24.0 Å². The molecule has 0 spiro atoms. The number of nitrogens with one attached hydrogen (secondary N) is 2. The Morgan fingerprint density at radius 3 is 2.74 bits per heavy atom. The topological polar surface area (TPSA) is 70.4 Å². The number of guanidine groups is 1. The molecule has 3 rings (SSSR count). The zero-order valence-corrected chi connectivity index (χ0v) is 18.5. The molecule has 2 aromatic rings. The first-order valence-electron chi connectivity index (χ1n) is 9.31. The number of hydrogen-bond acceptors (Lipinski definition) is 4. The molecule has 1 aliphatic heterocycles. The van der Waals surface area contributed by atoms with E-state index in [0.717, 1.165) is 31.4 Å². The van der Waals surface area contributed by atoms with Crippen LogP contribution in [-0.2, 0) is 20.1 Å². The highest BCUT2D eigenvalue weighted by Gasteiger charge is 2.22. The largest absolute Gasteiger partial charge is 0.355 e. The van der Waals surface area contributed by atoms with Crippen molar-refractivity contribution < 1.29 is 0 Å². The van der Waals surface area contributed by atoms with Gasteiger partial charge in [0.25, 0.3) is 0 Å². The van der Waals surface area contributed by atoms with Crippen molar-refractivity contribution >= 4 is 29.9 Å². The molecule has 1 aliphatic rings. The van der Waals surface area contributed by atoms with Crippen LogP contribution in [0.3, 0.4) is 0 Å². The first-order chi connectivity index (χ1) is 12.8. The zero-order chi connectivity index (χ0) is 18.2. The standard InChI is InChI=1S/C19H29N7.HI/c1-20-19(22-13-18-23-15-24-25(18)2)21-12-17-10-6-7-11-26(17)14-16-8-4-3-5-9-16;/h3-5,8-9,15,17H,6-7,10-14H2,1-2H3,(H2,20,21,22);1H. The van der Waals surface area contributed by atoms with Crippen molar-refractivity contribution in [1.29, 1.82) is 0 Å². The number of hydrogen-bond donors (Lipinski definition) is 2. The van der Waals surface area contributed by atoms with Crippen LogP contribution in [0, 0.1) is 0 Å². The molecule has 0 aliphatic carbocycles. The Balaban J connectivity index is 0.00000261. The van der Waals surface area contributed by atoms with Crippen LogP contribution in [0.2, 0.25) is 0 Å². The van der Waals surface area contributed by atoms with Gasteiger partial charge in [-0.3, -0.25) is 14.6 Å². The van der Waals surface area contributed by atoms with Crippen molar-refractivity contribution in [2.45, 2.75) is 38.4 Å². The molecule has 1 aromatic heterocycles. The van der Waals surface area contributed by atoms with Crippen molar-refractivity contribution in [1.82, 2.24) is 30.3 Å². The minimum absolute atomic E-state index is 0. The van der Waals surface area contributed by atoms with Crippen LogP contribution in [-0.4, -0.2) is 51.8 Å². The number of nitrogens with zero attached hydrogens (tertiary/aromatic N) is 5. The molecule has 2 heterocycles. The molecule has 1 saturated heterocycles. The summed E-state index contributed by atoms with van der Waals surface area (Å²) in [5.41, 5.74) is 1.38. The van der Waals surface area contributed by atoms with E-state index in [1.54, 1.807) is 18.1 Å². The van der Waals surface area contributed by atoms with Crippen LogP contribution in [0.5, 0.6) is 0 Å². The maximum Gasteiger partial charge on any atom is 0.191 e. The molecule has 148 valence electrons. The summed E-state index contributed by atoms with van der Waals surface area (Å²) in [5, 5.41) is 10.9. The predicted molar refractivity (Wildman–Crippen MR) is 119 cm³/mol. The van der Waals surface area contributed by atoms with Gasteiger partial charge in [-0.2, -0.15) is 5.10 Å². The van der Waals surface area contributed by atoms with E-state index in [1.807, 2.05) is 7.05 Å². The number of aryl methyl sites for hydroxylation is 1. The van der Waals surface area contributed by atoms with Gasteiger partial charge < -0.3 is 10.6 Å². The SMILES string of the molecule is CN=C(NCc1ncnn1C)NCC1CCCCN1Cc1ccccc1.I. The maximum absolute atomic E-state index is 4.33. The summed E-state index contributed by atoms with van der Waals surface area (Å²) in [5.74, 6) is 1.69. The second-order valence-electron chi connectivity index (χ2n) is 6.71. The van der Waals surface area contributed by atoms with Gasteiger partial charge >= 0.3 is 0 Å². The summed E-state index contributed by atoms with van der Waals surface area (Å²) < 4.78 is 1.77. The maximum atomic E-state index is 4.33. The smallest absolute Gasteiger partial charge is 0.191 e. The highest BCUT2D eigenvalue weighted by molar-refractivity contribution is 14.0. The van der Waals surface area contributed by atoms with E-state index in [4.69, 9.17) is 0 Å². The van der Waals surface area contributed by atoms with Crippen LogP contribution in [0.4, 0.5) is 0 Å². The van der Waals surface area contributed by atoms with E-state index in [9.17, 15) is 0 Å². The van der Waals surface area contributed by atoms with E-state index in [1.165, 1.54) is 24.8 Å². The van der Waals surface area contributed by atoms with Gasteiger partial charge in [0.1, 0.15) is 12.2 Å². The molecule has 0 saturated carbocycles. The van der Waals surface area contributed by atoms with Gasteiger partial charge in [-0.05, 0) is 24.9 Å². The number of likely N-dealkylation sites (tertiary alicyclic amines) is 1. The molecule has 0 radical (unpaired) electrons. The Kier molecular flexibility index (Phi) is 8.99. The minimum Gasteiger partial charge on any atom is -0.355 e. The van der Waals surface area contributed by atoms with Crippen molar-refractivity contribution in [3.8, 4) is 0 Å². The molecule has 1 atom stereocenters. The Labute approximate surface area is 178 Å². The fourth-order valence-corrected chi connectivity index (χ4v) is 3.40. The lowest BCUT2D eigenvalue weighted by atomic mass is 10.0. The van der Waals surface area contributed by atoms with Gasteiger partial charge in [-0.1, -0.05) is 36.8 Å². The highest BCUT2D eigenvalue weighted by atomic mass is 127. The number of halogens is 1. The summed E-state index contributed by atoms with van der Waals surface area (Å²) in [6.07, 6.45) is 5.36. The Bertz CT molecular complexity index is 701. The quantitative estimate of drug-likeness (QED) is 0.375. The molecule has 0 bridgehead atoms. The minimum atomic E-state index is 0. The van der Waals surface area contributed by atoms with E-state index in [2.05, 4.69) is 60.9 Å². The fraction of sp³-hybridized carbons (Fsp3) is 0.526. The summed E-state index contributed by atoms with van der Waals surface area (Å²) in [7, 11) is 3.69. The summed E-state index contributed by atoms with van der Waals surface area (Å²) in [6.45, 7) is 3.67. The number of aliphatic imine (C=N–C) groups is 1. The lowest BCUT2D eigenvalue weighted by Crippen LogP contribution is -2.48. The lowest BCUT2D eigenvalue weighted by Gasteiger charge is -2.36. The summed E-state index contributed by atoms with van der Waals surface area (Å²) in [4.78, 5) is 11.1. The number of piperidine rings is 1. The summed E-state index contributed by atoms with van der Waals surface area (Å²) in [6, 6.07) is 11.2. The van der Waals surface area contributed by atoms with Gasteiger partial charge in [0, 0.05) is 33.2 Å². The highest BCUT2D eigenvalue weighted by Crippen LogP contribution is 2.19. The number of aromatic nitrogens is 3. The molecular weight excluding hydrogens is 453 g/mol. The van der Waals surface area contributed by atoms with E-state index < -0.39 is 0 Å². The third-order valence-corrected chi connectivity index (χ3v) is 4.93. The van der Waals surface area contributed by atoms with Crippen LogP contribution in [0.15, 0.2) is 41.7 Å². The monoisotopic (exact) mass is 483 g/mol. The number of rotatable bonds is 6. The molecule has 8 heteroatoms. The summed E-state index contributed by atoms with van der Waals surface area (Å²) >= 11 is 0. The molecular formula is C19H30IN7. The lowest BCUT2D eigenvalue weighted by molar-refractivity contribution is 0.141. The zero-order valence-electron chi connectivity index (χ0n) is 16.1. The normalized spacial score (nSPS) is 18.0. The van der Waals surface area contributed by atoms with Crippen molar-refractivity contribution in [3.05, 3.63) is 48.0 Å². The molecule has 0 amide bonds. The Morgan fingerprint density at radius 1 is 1.22 bits per heavy atom. The van der Waals surface area contributed by atoms with Gasteiger partial charge in [-0.25, -0.2) is 4.98 Å². The Hall–Kier alpha value is -1.68. The molecule has 2 N–H and O–H groups in total. The van der Waals surface area contributed by atoms with E-state index >= 15 is 0 Å². The number of benzene rings is 1. The third kappa shape index (κ3) is 6.46. The Morgan fingerprint density at radius 2 is 2.04 bits per heavy atom. The van der Waals surface area contributed by atoms with Gasteiger partial charge in [-0.15, -0.1) is 24.0 Å². The first kappa shape index (κ1) is 21.6. The van der Waals surface area contributed by atoms with Gasteiger partial charge in [0.15, 0.2) is 5.96 Å². The molecule has 1 unspecified atom stereocenters. The van der Waals surface area contributed by atoms with Crippen molar-refractivity contribution in [2.75, 3.05) is 20.1 Å². The van der Waals surface area contributed by atoms with E-state index in [-0.39, 0.29) is 24.0 Å². The average molecular weight is 483 g/mol. The van der Waals surface area contributed by atoms with Gasteiger partial charge in [0.05, 0.1) is 6.54 Å². The second kappa shape index (κ2) is 11.2. The van der Waals surface area contributed by atoms with Crippen molar-refractivity contribution in [3.63, 3.8) is 0 Å². The predicted octanol–water partition coefficient (Wildman–Crippen LogP) is 2.15. The average Bonchev–Trinajstić information content (AvgIpc) is 3.09. The van der Waals surface area contributed by atoms with E-state index in [0.29, 0.717) is 12.6 Å². The van der Waals surface area contributed by atoms with Crippen molar-refractivity contribution in [2.24, 2.45) is 12.0 Å². The second-order valence-corrected chi connectivity index (χ2v) is 6.71. The fourth-order valence-electron chi connectivity index (χ4n) is 3.40. The third-order valence-electron chi connectivity index (χ3n) is 4.93. The molecule has 7 nitrogen and oxygen atoms in total. The van der Waals surface area contributed by atoms with Crippen LogP contribution < -0.4 is 10.6 Å². The molecule has 1 aromatic carbocycles. The molecule has 1 fully saturated rings. The molecule has 27 heavy (non-hydrogen) atoms. The van der Waals surface area contributed by atoms with Gasteiger partial charge in [0.2, 0.25) is 0 Å². The first-order valence-corrected chi connectivity index (χ1v) is 9.31. The van der Waals surface area contributed by atoms with Crippen LogP contribution in [0.1, 0.15) is 30.7 Å². The van der Waals surface area contributed by atoms with Crippen LogP contribution in [0.25, 0.3) is 0 Å².